The number of carbonyl (C=O) groups excluding carboxylic acids is 1. The number of rotatable bonds is 2. The summed E-state index contributed by atoms with van der Waals surface area (Å²) in [6, 6.07) is 5.81. The van der Waals surface area contributed by atoms with E-state index >= 15 is 0 Å². The molecule has 0 fully saturated rings. The van der Waals surface area contributed by atoms with E-state index in [1.165, 1.54) is 0 Å². The molecule has 0 heterocycles. The summed E-state index contributed by atoms with van der Waals surface area (Å²) < 4.78 is 0. The van der Waals surface area contributed by atoms with Gasteiger partial charge in [-0.3, -0.25) is 4.79 Å². The Morgan fingerprint density at radius 1 is 1.32 bits per heavy atom. The van der Waals surface area contributed by atoms with Crippen LogP contribution < -0.4 is 0 Å². The van der Waals surface area contributed by atoms with Crippen molar-refractivity contribution in [2.45, 2.75) is 53.4 Å². The number of hydrogen-bond donors (Lipinski definition) is 1. The number of Topliss-reactive ketones (excluding diaryl/α,β-unsaturated/α-hetero) is 1. The summed E-state index contributed by atoms with van der Waals surface area (Å²) in [6.07, 6.45) is 3.68. The third kappa shape index (κ3) is 5.18. The molecule has 1 atom stereocenters. The van der Waals surface area contributed by atoms with Crippen LogP contribution in [0.5, 0.6) is 5.75 Å². The van der Waals surface area contributed by atoms with Gasteiger partial charge in [-0.05, 0) is 61.8 Å². The predicted molar refractivity (Wildman–Crippen MR) is 93.2 cm³/mol. The lowest BCUT2D eigenvalue weighted by Crippen LogP contribution is -2.14. The van der Waals surface area contributed by atoms with Crippen molar-refractivity contribution >= 4 is 5.78 Å². The van der Waals surface area contributed by atoms with Gasteiger partial charge in [0, 0.05) is 6.42 Å². The molecule has 1 aliphatic rings. The van der Waals surface area contributed by atoms with Crippen LogP contribution in [0.3, 0.4) is 0 Å². The van der Waals surface area contributed by atoms with E-state index in [1.54, 1.807) is 6.07 Å². The quantitative estimate of drug-likeness (QED) is 0.751. The first-order chi connectivity index (χ1) is 10.2. The molecule has 0 amide bonds. The zero-order chi connectivity index (χ0) is 16.9. The van der Waals surface area contributed by atoms with Gasteiger partial charge in [-0.25, -0.2) is 0 Å². The van der Waals surface area contributed by atoms with E-state index in [1.807, 2.05) is 39.0 Å². The molecule has 0 aromatic heterocycles. The predicted octanol–water partition coefficient (Wildman–Crippen LogP) is 5.31. The number of carbonyl (C=O) groups is 1. The molecule has 0 saturated carbocycles. The number of aromatic hydroxyl groups is 1. The number of hydrogen-bond acceptors (Lipinski definition) is 2. The van der Waals surface area contributed by atoms with E-state index in [-0.39, 0.29) is 5.78 Å². The molecule has 0 bridgehead atoms. The van der Waals surface area contributed by atoms with Crippen LogP contribution in [0.4, 0.5) is 0 Å². The van der Waals surface area contributed by atoms with Crippen LogP contribution >= 0.6 is 0 Å². The minimum atomic E-state index is 0.282. The van der Waals surface area contributed by atoms with E-state index in [2.05, 4.69) is 20.4 Å². The molecule has 1 N–H and O–H groups in total. The third-order valence-electron chi connectivity index (χ3n) is 4.09. The van der Waals surface area contributed by atoms with Crippen molar-refractivity contribution in [2.24, 2.45) is 5.92 Å². The second kappa shape index (κ2) is 7.98. The molecule has 0 radical (unpaired) electrons. The fraction of sp³-hybridized carbons (Fsp3) is 0.450. The van der Waals surface area contributed by atoms with Gasteiger partial charge in [-0.1, -0.05) is 44.2 Å². The Hall–Kier alpha value is -1.83. The molecule has 22 heavy (non-hydrogen) atoms. The normalized spacial score (nSPS) is 17.6. The van der Waals surface area contributed by atoms with Gasteiger partial charge in [-0.15, -0.1) is 0 Å². The van der Waals surface area contributed by atoms with Crippen molar-refractivity contribution in [3.05, 3.63) is 53.1 Å². The van der Waals surface area contributed by atoms with E-state index in [0.717, 1.165) is 28.7 Å². The van der Waals surface area contributed by atoms with E-state index in [9.17, 15) is 9.90 Å². The number of benzene rings is 1. The minimum Gasteiger partial charge on any atom is -0.508 e. The first kappa shape index (κ1) is 18.2. The number of aryl methyl sites for hydroxylation is 1. The maximum absolute atomic E-state index is 11.2. The molecule has 1 unspecified atom stereocenters. The van der Waals surface area contributed by atoms with Crippen LogP contribution in [0.15, 0.2) is 42.0 Å². The van der Waals surface area contributed by atoms with Crippen molar-refractivity contribution in [1.29, 1.82) is 0 Å². The van der Waals surface area contributed by atoms with Crippen LogP contribution in [0.2, 0.25) is 0 Å². The zero-order valence-corrected chi connectivity index (χ0v) is 14.4. The molecular weight excluding hydrogens is 272 g/mol. The largest absolute Gasteiger partial charge is 0.508 e. The summed E-state index contributed by atoms with van der Waals surface area (Å²) >= 11 is 0. The Morgan fingerprint density at radius 3 is 2.41 bits per heavy atom. The minimum absolute atomic E-state index is 0.282. The van der Waals surface area contributed by atoms with Crippen LogP contribution in [0.1, 0.15) is 57.6 Å². The summed E-state index contributed by atoms with van der Waals surface area (Å²) in [4.78, 5) is 11.2. The summed E-state index contributed by atoms with van der Waals surface area (Å²) in [7, 11) is 0. The summed E-state index contributed by atoms with van der Waals surface area (Å²) in [5, 5.41) is 9.46. The van der Waals surface area contributed by atoms with Gasteiger partial charge < -0.3 is 5.11 Å². The first-order valence-electron chi connectivity index (χ1n) is 7.87. The molecule has 0 aliphatic heterocycles. The Kier molecular flexibility index (Phi) is 6.61. The standard InChI is InChI=1S/2C10H14O/c1-7(2)9-5-4-8(3)10(11)6-9;1-7(2)9-5-4-8(3)6-10(9)11/h4,9H,1,5-6H2,2-3H3;4-7,11H,1-3H3. The smallest absolute Gasteiger partial charge is 0.158 e. The zero-order valence-electron chi connectivity index (χ0n) is 14.4. The SMILES string of the molecule is C=C(C)C1CC=C(C)C(=O)C1.Cc1ccc(C(C)C)c(O)c1. The molecule has 0 saturated heterocycles. The van der Waals surface area contributed by atoms with Gasteiger partial charge in [0.25, 0.3) is 0 Å². The number of allylic oxidation sites excluding steroid dienone is 3. The van der Waals surface area contributed by atoms with Gasteiger partial charge in [0.1, 0.15) is 5.75 Å². The molecule has 0 spiro atoms. The highest BCUT2D eigenvalue weighted by Crippen LogP contribution is 2.26. The van der Waals surface area contributed by atoms with Gasteiger partial charge in [0.2, 0.25) is 0 Å². The van der Waals surface area contributed by atoms with Crippen molar-refractivity contribution in [1.82, 2.24) is 0 Å². The average molecular weight is 300 g/mol. The summed E-state index contributed by atoms with van der Waals surface area (Å²) in [6.45, 7) is 13.9. The monoisotopic (exact) mass is 300 g/mol. The van der Waals surface area contributed by atoms with Crippen LogP contribution in [0.25, 0.3) is 0 Å². The molecule has 2 heteroatoms. The second-order valence-corrected chi connectivity index (χ2v) is 6.51. The van der Waals surface area contributed by atoms with Gasteiger partial charge >= 0.3 is 0 Å². The highest BCUT2D eigenvalue weighted by Gasteiger charge is 2.19. The number of phenols is 1. The maximum atomic E-state index is 11.2. The average Bonchev–Trinajstić information content (AvgIpc) is 2.41. The van der Waals surface area contributed by atoms with Crippen LogP contribution in [-0.4, -0.2) is 10.9 Å². The van der Waals surface area contributed by atoms with E-state index in [0.29, 0.717) is 24.0 Å². The maximum Gasteiger partial charge on any atom is 0.158 e. The highest BCUT2D eigenvalue weighted by molar-refractivity contribution is 5.95. The fourth-order valence-electron chi connectivity index (χ4n) is 2.42. The summed E-state index contributed by atoms with van der Waals surface area (Å²) in [5.41, 5.74) is 4.17. The summed E-state index contributed by atoms with van der Waals surface area (Å²) in [5.74, 6) is 1.49. The van der Waals surface area contributed by atoms with E-state index < -0.39 is 0 Å². The Labute approximate surface area is 134 Å². The van der Waals surface area contributed by atoms with Crippen molar-refractivity contribution < 1.29 is 9.90 Å². The lowest BCUT2D eigenvalue weighted by atomic mass is 9.85. The Balaban J connectivity index is 0.000000220. The van der Waals surface area contributed by atoms with Crippen LogP contribution in [-0.2, 0) is 4.79 Å². The lowest BCUT2D eigenvalue weighted by Gasteiger charge is -2.18. The molecular formula is C20H28O2. The van der Waals surface area contributed by atoms with Gasteiger partial charge in [0.05, 0.1) is 0 Å². The molecule has 1 aliphatic carbocycles. The Morgan fingerprint density at radius 2 is 1.95 bits per heavy atom. The Bertz CT molecular complexity index is 579. The van der Waals surface area contributed by atoms with Crippen molar-refractivity contribution in [3.8, 4) is 5.75 Å². The van der Waals surface area contributed by atoms with E-state index in [4.69, 9.17) is 0 Å². The topological polar surface area (TPSA) is 37.3 Å². The van der Waals surface area contributed by atoms with Crippen molar-refractivity contribution in [3.63, 3.8) is 0 Å². The number of ketones is 1. The molecule has 1 aromatic rings. The fourth-order valence-corrected chi connectivity index (χ4v) is 2.42. The highest BCUT2D eigenvalue weighted by atomic mass is 16.3. The lowest BCUT2D eigenvalue weighted by molar-refractivity contribution is -0.116. The van der Waals surface area contributed by atoms with Gasteiger partial charge in [0.15, 0.2) is 5.78 Å². The third-order valence-corrected chi connectivity index (χ3v) is 4.09. The van der Waals surface area contributed by atoms with Gasteiger partial charge in [-0.2, -0.15) is 0 Å². The first-order valence-corrected chi connectivity index (χ1v) is 7.87. The molecule has 120 valence electrons. The second-order valence-electron chi connectivity index (χ2n) is 6.51. The molecule has 2 nitrogen and oxygen atoms in total. The molecule has 2 rings (SSSR count). The number of phenolic OH excluding ortho intramolecular Hbond substituents is 1. The molecule has 1 aromatic carbocycles. The van der Waals surface area contributed by atoms with Crippen molar-refractivity contribution in [2.75, 3.05) is 0 Å². The van der Waals surface area contributed by atoms with Crippen LogP contribution in [0, 0.1) is 12.8 Å².